The highest BCUT2D eigenvalue weighted by molar-refractivity contribution is 5.92. The molecular weight excluding hydrogens is 552 g/mol. The van der Waals surface area contributed by atoms with Crippen LogP contribution in [0, 0.1) is 5.92 Å². The zero-order chi connectivity index (χ0) is 30.3. The second kappa shape index (κ2) is 13.9. The summed E-state index contributed by atoms with van der Waals surface area (Å²) in [6.07, 6.45) is 0.738. The Morgan fingerprint density at radius 2 is 1.47 bits per heavy atom. The minimum absolute atomic E-state index is 0.206. The fraction of sp³-hybridized carbons (Fsp3) is 0.500. The number of esters is 1. The highest BCUT2D eigenvalue weighted by Gasteiger charge is 2.59. The molecule has 0 radical (unpaired) electrons. The molecule has 5 rings (SSSR count). The molecular formula is C32H40N4O7. The van der Waals surface area contributed by atoms with E-state index >= 15 is 0 Å². The predicted molar refractivity (Wildman–Crippen MR) is 157 cm³/mol. The molecule has 0 spiro atoms. The van der Waals surface area contributed by atoms with Gasteiger partial charge in [0.05, 0.1) is 38.9 Å². The number of ether oxygens (including phenoxy) is 3. The van der Waals surface area contributed by atoms with Crippen molar-refractivity contribution in [3.05, 3.63) is 71.8 Å². The molecule has 0 aliphatic carbocycles. The summed E-state index contributed by atoms with van der Waals surface area (Å²) in [5, 5.41) is 3.18. The minimum Gasteiger partial charge on any atom is -0.469 e. The zero-order valence-corrected chi connectivity index (χ0v) is 24.7. The van der Waals surface area contributed by atoms with Crippen LogP contribution in [0.2, 0.25) is 0 Å². The van der Waals surface area contributed by atoms with E-state index in [1.165, 1.54) is 7.11 Å². The van der Waals surface area contributed by atoms with Crippen molar-refractivity contribution in [2.45, 2.75) is 43.8 Å². The summed E-state index contributed by atoms with van der Waals surface area (Å²) in [6, 6.07) is 16.5. The van der Waals surface area contributed by atoms with Gasteiger partial charge in [-0.3, -0.25) is 9.59 Å². The van der Waals surface area contributed by atoms with Crippen LogP contribution < -0.4 is 5.32 Å². The molecule has 0 aromatic heterocycles. The third kappa shape index (κ3) is 6.46. The molecule has 4 amide bonds. The molecule has 0 saturated carbocycles. The normalized spacial score (nSPS) is 24.4. The van der Waals surface area contributed by atoms with Crippen molar-refractivity contribution in [3.63, 3.8) is 0 Å². The number of morpholine rings is 1. The Balaban J connectivity index is 1.54. The van der Waals surface area contributed by atoms with Crippen molar-refractivity contribution in [2.24, 2.45) is 5.92 Å². The summed E-state index contributed by atoms with van der Waals surface area (Å²) in [5.41, 5.74) is 1.52. The van der Waals surface area contributed by atoms with Gasteiger partial charge in [0.25, 0.3) is 0 Å². The van der Waals surface area contributed by atoms with Gasteiger partial charge in [-0.25, -0.2) is 9.59 Å². The van der Waals surface area contributed by atoms with Crippen LogP contribution in [-0.2, 0) is 23.8 Å². The Morgan fingerprint density at radius 1 is 0.860 bits per heavy atom. The molecule has 4 atom stereocenters. The second-order valence-electron chi connectivity index (χ2n) is 11.0. The first-order valence-electron chi connectivity index (χ1n) is 15.0. The van der Waals surface area contributed by atoms with Crippen LogP contribution in [0.25, 0.3) is 0 Å². The van der Waals surface area contributed by atoms with Crippen LogP contribution in [0.5, 0.6) is 0 Å². The van der Waals surface area contributed by atoms with E-state index in [1.807, 2.05) is 60.7 Å². The monoisotopic (exact) mass is 592 g/mol. The number of nitrogens with one attached hydrogen (secondary N) is 1. The van der Waals surface area contributed by atoms with Gasteiger partial charge in [0.2, 0.25) is 5.91 Å². The van der Waals surface area contributed by atoms with E-state index in [-0.39, 0.29) is 24.1 Å². The van der Waals surface area contributed by atoms with Crippen molar-refractivity contribution in [3.8, 4) is 0 Å². The van der Waals surface area contributed by atoms with Crippen molar-refractivity contribution >= 4 is 24.0 Å². The predicted octanol–water partition coefficient (Wildman–Crippen LogP) is 3.17. The maximum atomic E-state index is 14.4. The number of likely N-dealkylation sites (tertiary alicyclic amines) is 2. The molecule has 1 N–H and O–H groups in total. The molecule has 3 aliphatic rings. The number of carbonyl (C=O) groups excluding carboxylic acids is 4. The number of piperidine rings is 1. The third-order valence-electron chi connectivity index (χ3n) is 8.60. The van der Waals surface area contributed by atoms with Crippen molar-refractivity contribution in [1.82, 2.24) is 20.0 Å². The first-order valence-corrected chi connectivity index (χ1v) is 15.0. The first-order chi connectivity index (χ1) is 20.9. The molecule has 3 heterocycles. The van der Waals surface area contributed by atoms with E-state index in [4.69, 9.17) is 14.2 Å². The third-order valence-corrected chi connectivity index (χ3v) is 8.60. The van der Waals surface area contributed by atoms with E-state index in [0.29, 0.717) is 58.8 Å². The molecule has 2 aromatic carbocycles. The van der Waals surface area contributed by atoms with Crippen molar-refractivity contribution in [2.75, 3.05) is 53.1 Å². The summed E-state index contributed by atoms with van der Waals surface area (Å²) < 4.78 is 16.0. The smallest absolute Gasteiger partial charge is 0.409 e. The van der Waals surface area contributed by atoms with Gasteiger partial charge >= 0.3 is 18.1 Å². The number of amides is 4. The Morgan fingerprint density at radius 3 is 2.05 bits per heavy atom. The van der Waals surface area contributed by atoms with E-state index < -0.39 is 29.9 Å². The standard InChI is InChI=1S/C32H40N4O7/c1-3-43-32(40)35-16-14-24(15-17-35)33-29(37)28-25(22-10-6-4-7-11-22)26(30(38)41-2)27(23-12-8-5-9-13-23)36(28)31(39)34-18-20-42-21-19-34/h4-13,24-28H,3,14-21H2,1-2H3,(H,33,37). The van der Waals surface area contributed by atoms with Crippen LogP contribution in [0.3, 0.4) is 0 Å². The Bertz CT molecular complexity index is 1260. The SMILES string of the molecule is CCOC(=O)N1CCC(NC(=O)C2C(c3ccccc3)C(C(=O)OC)C(c3ccccc3)N2C(=O)N2CCOCC2)CC1. The number of nitrogens with zero attached hydrogens (tertiary/aromatic N) is 3. The maximum Gasteiger partial charge on any atom is 0.409 e. The summed E-state index contributed by atoms with van der Waals surface area (Å²) in [4.78, 5) is 59.7. The molecule has 3 saturated heterocycles. The summed E-state index contributed by atoms with van der Waals surface area (Å²) >= 11 is 0. The van der Waals surface area contributed by atoms with Crippen molar-refractivity contribution in [1.29, 1.82) is 0 Å². The van der Waals surface area contributed by atoms with Crippen LogP contribution in [-0.4, -0.2) is 104 Å². The number of methoxy groups -OCH3 is 1. The number of rotatable bonds is 6. The lowest BCUT2D eigenvalue weighted by atomic mass is 9.79. The summed E-state index contributed by atoms with van der Waals surface area (Å²) in [6.45, 7) is 4.53. The molecule has 2 aromatic rings. The second-order valence-corrected chi connectivity index (χ2v) is 11.0. The average molecular weight is 593 g/mol. The number of hydrogen-bond donors (Lipinski definition) is 1. The van der Waals surface area contributed by atoms with Gasteiger partial charge in [0.1, 0.15) is 6.04 Å². The van der Waals surface area contributed by atoms with Gasteiger partial charge in [-0.05, 0) is 30.9 Å². The molecule has 0 bridgehead atoms. The van der Waals surface area contributed by atoms with E-state index in [0.717, 1.165) is 11.1 Å². The van der Waals surface area contributed by atoms with Gasteiger partial charge in [-0.15, -0.1) is 0 Å². The van der Waals surface area contributed by atoms with E-state index in [9.17, 15) is 19.2 Å². The van der Waals surface area contributed by atoms with Gasteiger partial charge in [0.15, 0.2) is 0 Å². The molecule has 43 heavy (non-hydrogen) atoms. The lowest BCUT2D eigenvalue weighted by molar-refractivity contribution is -0.146. The highest BCUT2D eigenvalue weighted by Crippen LogP contribution is 2.51. The van der Waals surface area contributed by atoms with Crippen molar-refractivity contribution < 1.29 is 33.4 Å². The van der Waals surface area contributed by atoms with Crippen LogP contribution >= 0.6 is 0 Å². The van der Waals surface area contributed by atoms with Crippen LogP contribution in [0.1, 0.15) is 42.9 Å². The molecule has 3 aliphatic heterocycles. The first kappa shape index (κ1) is 30.3. The Labute approximate surface area is 252 Å². The summed E-state index contributed by atoms with van der Waals surface area (Å²) in [7, 11) is 1.34. The number of carbonyl (C=O) groups is 4. The minimum atomic E-state index is -0.991. The van der Waals surface area contributed by atoms with Gasteiger partial charge in [-0.2, -0.15) is 0 Å². The lowest BCUT2D eigenvalue weighted by Gasteiger charge is -2.38. The maximum absolute atomic E-state index is 14.4. The lowest BCUT2D eigenvalue weighted by Crippen LogP contribution is -2.56. The number of benzene rings is 2. The average Bonchev–Trinajstić information content (AvgIpc) is 3.42. The quantitative estimate of drug-likeness (QED) is 0.512. The highest BCUT2D eigenvalue weighted by atomic mass is 16.6. The largest absolute Gasteiger partial charge is 0.469 e. The van der Waals surface area contributed by atoms with E-state index in [2.05, 4.69) is 5.32 Å². The fourth-order valence-electron chi connectivity index (χ4n) is 6.56. The molecule has 230 valence electrons. The number of urea groups is 1. The molecule has 3 fully saturated rings. The topological polar surface area (TPSA) is 118 Å². The molecule has 4 unspecified atom stereocenters. The Kier molecular flexibility index (Phi) is 9.81. The van der Waals surface area contributed by atoms with Crippen LogP contribution in [0.4, 0.5) is 9.59 Å². The van der Waals surface area contributed by atoms with E-state index in [1.54, 1.807) is 21.6 Å². The van der Waals surface area contributed by atoms with Gasteiger partial charge in [0, 0.05) is 38.1 Å². The number of hydrogen-bond acceptors (Lipinski definition) is 7. The molecule has 11 nitrogen and oxygen atoms in total. The van der Waals surface area contributed by atoms with Gasteiger partial charge in [-0.1, -0.05) is 60.7 Å². The van der Waals surface area contributed by atoms with Crippen LogP contribution in [0.15, 0.2) is 60.7 Å². The van der Waals surface area contributed by atoms with Gasteiger partial charge < -0.3 is 34.2 Å². The Hall–Kier alpha value is -4.12. The fourth-order valence-corrected chi connectivity index (χ4v) is 6.56. The molecule has 11 heteroatoms. The summed E-state index contributed by atoms with van der Waals surface area (Å²) in [5.74, 6) is -2.32. The zero-order valence-electron chi connectivity index (χ0n) is 24.7.